The van der Waals surface area contributed by atoms with Crippen molar-refractivity contribution in [1.82, 2.24) is 14.5 Å². The lowest BCUT2D eigenvalue weighted by Crippen LogP contribution is -2.27. The summed E-state index contributed by atoms with van der Waals surface area (Å²) in [5.74, 6) is 0.260. The molecule has 2 N–H and O–H groups in total. The molecule has 3 aliphatic rings. The van der Waals surface area contributed by atoms with Gasteiger partial charge in [0.15, 0.2) is 21.0 Å². The largest absolute Gasteiger partial charge is 0.469 e. The van der Waals surface area contributed by atoms with Crippen molar-refractivity contribution >= 4 is 21.6 Å². The van der Waals surface area contributed by atoms with Crippen molar-refractivity contribution < 1.29 is 13.7 Å². The topological polar surface area (TPSA) is 121 Å². The maximum Gasteiger partial charge on any atom is 0.355 e. The third kappa shape index (κ3) is 3.33. The van der Waals surface area contributed by atoms with Crippen molar-refractivity contribution in [1.29, 1.82) is 5.26 Å². The molecular weight excluding hydrogens is 416 g/mol. The molecule has 0 bridgehead atoms. The summed E-state index contributed by atoms with van der Waals surface area (Å²) in [5.41, 5.74) is 5.14. The fourth-order valence-electron chi connectivity index (χ4n) is 4.82. The number of aromatic nitrogens is 2. The van der Waals surface area contributed by atoms with Gasteiger partial charge >= 0.3 is 6.03 Å². The number of rotatable bonds is 3. The summed E-state index contributed by atoms with van der Waals surface area (Å²) in [4.78, 5) is 13.0. The zero-order valence-electron chi connectivity index (χ0n) is 17.5. The number of carbonyl (C=O) groups is 1. The minimum absolute atomic E-state index is 0.0956. The van der Waals surface area contributed by atoms with Gasteiger partial charge in [0.05, 0.1) is 12.7 Å². The second-order valence-electron chi connectivity index (χ2n) is 8.83. The van der Waals surface area contributed by atoms with Gasteiger partial charge in [-0.3, -0.25) is 0 Å². The Balaban J connectivity index is 1.53. The Morgan fingerprint density at radius 1 is 1.26 bits per heavy atom. The van der Waals surface area contributed by atoms with Crippen LogP contribution in [-0.4, -0.2) is 25.6 Å². The van der Waals surface area contributed by atoms with Crippen molar-refractivity contribution in [3.8, 4) is 12.1 Å². The first-order valence-corrected chi connectivity index (χ1v) is 12.0. The molecule has 0 saturated heterocycles. The number of nitrogens with one attached hydrogen (secondary N) is 2. The molecule has 1 aromatic heterocycles. The Bertz CT molecular complexity index is 1230. The molecule has 1 atom stereocenters. The molecule has 2 aromatic rings. The van der Waals surface area contributed by atoms with Gasteiger partial charge in [0.1, 0.15) is 5.60 Å². The Morgan fingerprint density at radius 2 is 1.94 bits per heavy atom. The lowest BCUT2D eigenvalue weighted by molar-refractivity contribution is 0.132. The van der Waals surface area contributed by atoms with Crippen LogP contribution in [0.15, 0.2) is 21.5 Å². The summed E-state index contributed by atoms with van der Waals surface area (Å²) < 4.78 is 27.2. The second kappa shape index (κ2) is 6.99. The molecule has 0 radical (unpaired) electrons. The van der Waals surface area contributed by atoms with Crippen LogP contribution in [0.3, 0.4) is 0 Å². The highest BCUT2D eigenvalue weighted by Crippen LogP contribution is 2.39. The van der Waals surface area contributed by atoms with E-state index in [0.717, 1.165) is 55.3 Å². The second-order valence-corrected chi connectivity index (χ2v) is 10.7. The molecule has 2 aliphatic carbocycles. The van der Waals surface area contributed by atoms with E-state index in [9.17, 15) is 14.3 Å². The number of nitrogens with zero attached hydrogens (tertiary/aromatic N) is 4. The summed E-state index contributed by atoms with van der Waals surface area (Å²) in [6.45, 7) is 4.23. The van der Waals surface area contributed by atoms with E-state index in [-0.39, 0.29) is 10.8 Å². The van der Waals surface area contributed by atoms with Crippen molar-refractivity contribution in [2.75, 3.05) is 5.32 Å². The number of amides is 2. The van der Waals surface area contributed by atoms with Crippen LogP contribution >= 0.6 is 0 Å². The predicted molar refractivity (Wildman–Crippen MR) is 114 cm³/mol. The normalized spacial score (nSPS) is 19.4. The van der Waals surface area contributed by atoms with Gasteiger partial charge in [0, 0.05) is 5.69 Å². The smallest absolute Gasteiger partial charge is 0.355 e. The first-order chi connectivity index (χ1) is 14.8. The number of aryl methyl sites for hydroxylation is 2. The molecule has 9 nitrogen and oxygen atoms in total. The third-order valence-electron chi connectivity index (χ3n) is 6.06. The van der Waals surface area contributed by atoms with Crippen LogP contribution in [0.5, 0.6) is 5.88 Å². The minimum atomic E-state index is -3.60. The molecular formula is C21H24N6O3S. The van der Waals surface area contributed by atoms with Crippen molar-refractivity contribution in [3.63, 3.8) is 0 Å². The van der Waals surface area contributed by atoms with E-state index in [1.807, 2.05) is 13.8 Å². The number of urea groups is 1. The average molecular weight is 441 g/mol. The summed E-state index contributed by atoms with van der Waals surface area (Å²) >= 11 is 0. The standard InChI is InChI=1S/C21H24N6O3S/c1-21(2)11-27-19(30-21)17(10-23-27)31(29,24-12-22)26-20(28)25-18-15-7-3-5-13(15)9-14-6-4-8-16(14)18/h9-10H,3-8,11H2,1-2H3,(H2,24,25,26,28,29)/t31-/m0/s1. The molecule has 1 aromatic carbocycles. The molecule has 5 rings (SSSR count). The summed E-state index contributed by atoms with van der Waals surface area (Å²) in [7, 11) is -3.60. The van der Waals surface area contributed by atoms with E-state index >= 15 is 0 Å². The average Bonchev–Trinajstić information content (AvgIpc) is 3.44. The van der Waals surface area contributed by atoms with Gasteiger partial charge in [-0.2, -0.15) is 10.4 Å². The molecule has 2 heterocycles. The Kier molecular flexibility index (Phi) is 4.48. The maximum atomic E-state index is 13.6. The first kappa shape index (κ1) is 19.9. The van der Waals surface area contributed by atoms with Gasteiger partial charge in [-0.15, -0.1) is 4.36 Å². The lowest BCUT2D eigenvalue weighted by Gasteiger charge is -2.17. The first-order valence-electron chi connectivity index (χ1n) is 10.4. The van der Waals surface area contributed by atoms with E-state index in [0.29, 0.717) is 6.54 Å². The van der Waals surface area contributed by atoms with E-state index in [4.69, 9.17) is 4.74 Å². The number of fused-ring (bicyclic) bond motifs is 3. The SMILES string of the molecule is CC1(C)Cn2ncc([S@@](=O)(=NC(=O)Nc3c4c(cc5c3CCC5)CCC4)NC#N)c2O1. The zero-order chi connectivity index (χ0) is 21.8. The monoisotopic (exact) mass is 440 g/mol. The number of anilines is 1. The van der Waals surface area contributed by atoms with Crippen LogP contribution in [0.4, 0.5) is 10.5 Å². The van der Waals surface area contributed by atoms with Crippen molar-refractivity contribution in [2.24, 2.45) is 4.36 Å². The maximum absolute atomic E-state index is 13.6. The van der Waals surface area contributed by atoms with Crippen LogP contribution in [-0.2, 0) is 42.1 Å². The third-order valence-corrected chi connectivity index (χ3v) is 7.73. The van der Waals surface area contributed by atoms with Gasteiger partial charge < -0.3 is 10.1 Å². The molecule has 31 heavy (non-hydrogen) atoms. The van der Waals surface area contributed by atoms with E-state index in [1.165, 1.54) is 17.3 Å². The molecule has 2 amide bonds. The zero-order valence-corrected chi connectivity index (χ0v) is 18.3. The number of ether oxygens (including phenoxy) is 1. The fourth-order valence-corrected chi connectivity index (χ4v) is 6.05. The van der Waals surface area contributed by atoms with Crippen LogP contribution in [0.1, 0.15) is 48.9 Å². The lowest BCUT2D eigenvalue weighted by atomic mass is 9.99. The molecule has 0 spiro atoms. The van der Waals surface area contributed by atoms with E-state index in [2.05, 4.69) is 25.6 Å². The van der Waals surface area contributed by atoms with Crippen LogP contribution in [0.25, 0.3) is 0 Å². The Hall–Kier alpha value is -3.06. The van der Waals surface area contributed by atoms with E-state index < -0.39 is 21.5 Å². The van der Waals surface area contributed by atoms with Gasteiger partial charge in [0.2, 0.25) is 5.88 Å². The van der Waals surface area contributed by atoms with Crippen molar-refractivity contribution in [3.05, 3.63) is 34.5 Å². The summed E-state index contributed by atoms with van der Waals surface area (Å²) in [5, 5.41) is 16.3. The van der Waals surface area contributed by atoms with Crippen LogP contribution in [0.2, 0.25) is 0 Å². The molecule has 1 aliphatic heterocycles. The van der Waals surface area contributed by atoms with Gasteiger partial charge in [0.25, 0.3) is 0 Å². The Labute approximate surface area is 181 Å². The summed E-state index contributed by atoms with van der Waals surface area (Å²) in [6, 6.07) is 1.52. The molecule has 0 fully saturated rings. The minimum Gasteiger partial charge on any atom is -0.469 e. The number of carbonyl (C=O) groups excluding carboxylic acids is 1. The highest BCUT2D eigenvalue weighted by molar-refractivity contribution is 7.92. The van der Waals surface area contributed by atoms with Gasteiger partial charge in [-0.1, -0.05) is 6.07 Å². The van der Waals surface area contributed by atoms with Crippen LogP contribution < -0.4 is 14.8 Å². The quantitative estimate of drug-likeness (QED) is 0.561. The van der Waals surface area contributed by atoms with Crippen molar-refractivity contribution in [2.45, 2.75) is 69.4 Å². The molecule has 0 saturated carbocycles. The van der Waals surface area contributed by atoms with Gasteiger partial charge in [-0.05, 0) is 74.6 Å². The number of benzene rings is 1. The molecule has 0 unspecified atom stereocenters. The highest BCUT2D eigenvalue weighted by Gasteiger charge is 2.36. The highest BCUT2D eigenvalue weighted by atomic mass is 32.2. The van der Waals surface area contributed by atoms with E-state index in [1.54, 1.807) is 10.9 Å². The molecule has 162 valence electrons. The number of hydrogen-bond acceptors (Lipinski definition) is 5. The predicted octanol–water partition coefficient (Wildman–Crippen LogP) is 3.08. The van der Waals surface area contributed by atoms with Gasteiger partial charge in [-0.25, -0.2) is 18.4 Å². The fraction of sp³-hybridized carbons (Fsp3) is 0.476. The van der Waals surface area contributed by atoms with Crippen LogP contribution in [0, 0.1) is 11.5 Å². The number of hydrogen-bond donors (Lipinski definition) is 2. The Morgan fingerprint density at radius 3 is 2.58 bits per heavy atom. The molecule has 10 heteroatoms. The number of nitriles is 1. The summed E-state index contributed by atoms with van der Waals surface area (Å²) in [6.07, 6.45) is 8.94.